The van der Waals surface area contributed by atoms with Crippen LogP contribution in [0.1, 0.15) is 23.4 Å². The molecular formula is C15H17BrClNO2S. The number of hydrogen-bond donors (Lipinski definition) is 1. The normalized spacial score (nSPS) is 12.2. The first-order chi connectivity index (χ1) is 10.1. The highest BCUT2D eigenvalue weighted by molar-refractivity contribution is 9.11. The highest BCUT2D eigenvalue weighted by atomic mass is 79.9. The van der Waals surface area contributed by atoms with Crippen molar-refractivity contribution in [2.45, 2.75) is 13.0 Å². The number of benzene rings is 1. The third-order valence-electron chi connectivity index (χ3n) is 3.06. The summed E-state index contributed by atoms with van der Waals surface area (Å²) in [5.74, 6) is 1.54. The molecule has 0 radical (unpaired) electrons. The molecule has 3 nitrogen and oxygen atoms in total. The van der Waals surface area contributed by atoms with Crippen molar-refractivity contribution >= 4 is 38.9 Å². The number of thiophene rings is 1. The summed E-state index contributed by atoms with van der Waals surface area (Å²) in [6.45, 7) is 2.92. The van der Waals surface area contributed by atoms with E-state index in [1.165, 1.54) is 0 Å². The van der Waals surface area contributed by atoms with Crippen LogP contribution in [0.15, 0.2) is 28.1 Å². The van der Waals surface area contributed by atoms with Crippen molar-refractivity contribution in [1.29, 1.82) is 0 Å². The van der Waals surface area contributed by atoms with Crippen LogP contribution in [-0.2, 0) is 0 Å². The van der Waals surface area contributed by atoms with Crippen molar-refractivity contribution in [1.82, 2.24) is 5.32 Å². The Morgan fingerprint density at radius 2 is 1.81 bits per heavy atom. The van der Waals surface area contributed by atoms with E-state index in [1.807, 2.05) is 24.3 Å². The van der Waals surface area contributed by atoms with Gasteiger partial charge in [-0.1, -0.05) is 18.5 Å². The zero-order valence-corrected chi connectivity index (χ0v) is 15.2. The monoisotopic (exact) mass is 389 g/mol. The molecule has 21 heavy (non-hydrogen) atoms. The maximum absolute atomic E-state index is 6.16. The molecule has 1 heterocycles. The van der Waals surface area contributed by atoms with Crippen LogP contribution in [-0.4, -0.2) is 20.8 Å². The molecule has 1 N–H and O–H groups in total. The van der Waals surface area contributed by atoms with E-state index < -0.39 is 0 Å². The predicted molar refractivity (Wildman–Crippen MR) is 92.1 cm³/mol. The summed E-state index contributed by atoms with van der Waals surface area (Å²) in [6.07, 6.45) is 0. The fourth-order valence-electron chi connectivity index (χ4n) is 2.09. The lowest BCUT2D eigenvalue weighted by Crippen LogP contribution is -2.21. The number of methoxy groups -OCH3 is 2. The second kappa shape index (κ2) is 7.49. The average molecular weight is 391 g/mol. The van der Waals surface area contributed by atoms with Gasteiger partial charge in [-0.25, -0.2) is 0 Å². The van der Waals surface area contributed by atoms with Crippen LogP contribution < -0.4 is 14.8 Å². The third kappa shape index (κ3) is 3.92. The van der Waals surface area contributed by atoms with Crippen molar-refractivity contribution in [3.05, 3.63) is 43.5 Å². The van der Waals surface area contributed by atoms with E-state index in [2.05, 4.69) is 28.2 Å². The van der Waals surface area contributed by atoms with Crippen molar-refractivity contribution in [2.75, 3.05) is 20.8 Å². The summed E-state index contributed by atoms with van der Waals surface area (Å²) in [7, 11) is 3.30. The minimum absolute atomic E-state index is 0.0489. The van der Waals surface area contributed by atoms with E-state index in [1.54, 1.807) is 25.6 Å². The Hall–Kier alpha value is -0.750. The molecule has 0 aliphatic carbocycles. The molecular weight excluding hydrogens is 374 g/mol. The molecule has 2 aromatic rings. The third-order valence-corrected chi connectivity index (χ3v) is 5.60. The van der Waals surface area contributed by atoms with Crippen LogP contribution in [0, 0.1) is 0 Å². The largest absolute Gasteiger partial charge is 0.497 e. The lowest BCUT2D eigenvalue weighted by atomic mass is 10.0. The molecule has 2 rings (SSSR count). The lowest BCUT2D eigenvalue weighted by Gasteiger charge is -2.18. The van der Waals surface area contributed by atoms with Gasteiger partial charge in [-0.2, -0.15) is 0 Å². The second-order valence-corrected chi connectivity index (χ2v) is 7.22. The minimum atomic E-state index is 0.0489. The highest BCUT2D eigenvalue weighted by Gasteiger charge is 2.19. The predicted octanol–water partition coefficient (Wildman–Crippen LogP) is 4.88. The Morgan fingerprint density at radius 3 is 2.24 bits per heavy atom. The summed E-state index contributed by atoms with van der Waals surface area (Å²) in [5.41, 5.74) is 1.08. The van der Waals surface area contributed by atoms with E-state index in [9.17, 15) is 0 Å². The van der Waals surface area contributed by atoms with E-state index in [4.69, 9.17) is 21.1 Å². The number of hydrogen-bond acceptors (Lipinski definition) is 4. The maximum atomic E-state index is 6.16. The fraction of sp³-hybridized carbons (Fsp3) is 0.333. The molecule has 1 atom stereocenters. The molecule has 0 fully saturated rings. The number of halogens is 2. The Bertz CT molecular complexity index is 576. The molecule has 1 aromatic heterocycles. The van der Waals surface area contributed by atoms with Gasteiger partial charge in [-0.15, -0.1) is 11.3 Å². The van der Waals surface area contributed by atoms with E-state index in [0.29, 0.717) is 0 Å². The Morgan fingerprint density at radius 1 is 1.19 bits per heavy atom. The van der Waals surface area contributed by atoms with Gasteiger partial charge in [0.1, 0.15) is 11.5 Å². The topological polar surface area (TPSA) is 30.5 Å². The fourth-order valence-corrected chi connectivity index (χ4v) is 3.94. The van der Waals surface area contributed by atoms with Crippen LogP contribution in [0.4, 0.5) is 0 Å². The van der Waals surface area contributed by atoms with E-state index in [-0.39, 0.29) is 6.04 Å². The molecule has 0 spiro atoms. The van der Waals surface area contributed by atoms with Crippen LogP contribution in [0.3, 0.4) is 0 Å². The molecule has 0 bridgehead atoms. The van der Waals surface area contributed by atoms with Crippen LogP contribution in [0.2, 0.25) is 5.02 Å². The quantitative estimate of drug-likeness (QED) is 0.762. The van der Waals surface area contributed by atoms with Gasteiger partial charge in [0.15, 0.2) is 0 Å². The summed E-state index contributed by atoms with van der Waals surface area (Å²) >= 11 is 11.3. The lowest BCUT2D eigenvalue weighted by molar-refractivity contribution is 0.392. The van der Waals surface area contributed by atoms with E-state index in [0.717, 1.165) is 37.3 Å². The van der Waals surface area contributed by atoms with Crippen molar-refractivity contribution in [3.8, 4) is 11.5 Å². The first-order valence-corrected chi connectivity index (χ1v) is 8.48. The zero-order chi connectivity index (χ0) is 15.4. The van der Waals surface area contributed by atoms with Crippen LogP contribution in [0.25, 0.3) is 0 Å². The molecule has 1 unspecified atom stereocenters. The molecule has 0 aliphatic heterocycles. The highest BCUT2D eigenvalue weighted by Crippen LogP contribution is 2.38. The smallest absolute Gasteiger partial charge is 0.122 e. The van der Waals surface area contributed by atoms with Crippen molar-refractivity contribution in [3.63, 3.8) is 0 Å². The van der Waals surface area contributed by atoms with Crippen LogP contribution >= 0.6 is 38.9 Å². The molecule has 0 aliphatic rings. The summed E-state index contributed by atoms with van der Waals surface area (Å²) < 4.78 is 11.6. The van der Waals surface area contributed by atoms with Gasteiger partial charge in [0.25, 0.3) is 0 Å². The van der Waals surface area contributed by atoms with Crippen molar-refractivity contribution in [2.24, 2.45) is 0 Å². The Balaban J connectivity index is 2.46. The maximum Gasteiger partial charge on any atom is 0.122 e. The summed E-state index contributed by atoms with van der Waals surface area (Å²) in [5, 5.41) is 4.21. The first kappa shape index (κ1) is 16.6. The average Bonchev–Trinajstić information content (AvgIpc) is 2.83. The first-order valence-electron chi connectivity index (χ1n) is 6.50. The molecule has 6 heteroatoms. The van der Waals surface area contributed by atoms with Gasteiger partial charge in [0, 0.05) is 10.9 Å². The van der Waals surface area contributed by atoms with Gasteiger partial charge < -0.3 is 14.8 Å². The van der Waals surface area contributed by atoms with Gasteiger partial charge >= 0.3 is 0 Å². The second-order valence-electron chi connectivity index (χ2n) is 4.41. The molecule has 0 amide bonds. The standard InChI is InChI=1S/C15H17BrClNO2S/c1-4-18-14(13-8-12(17)15(16)21-13)9-5-10(19-2)7-11(6-9)20-3/h5-8,14,18H,4H2,1-3H3. The van der Waals surface area contributed by atoms with Crippen LogP contribution in [0.5, 0.6) is 11.5 Å². The van der Waals surface area contributed by atoms with Gasteiger partial charge in [0.2, 0.25) is 0 Å². The molecule has 114 valence electrons. The van der Waals surface area contributed by atoms with Crippen molar-refractivity contribution < 1.29 is 9.47 Å². The number of rotatable bonds is 6. The molecule has 1 aromatic carbocycles. The SMILES string of the molecule is CCNC(c1cc(OC)cc(OC)c1)c1cc(Cl)c(Br)s1. The van der Waals surface area contributed by atoms with E-state index >= 15 is 0 Å². The molecule has 0 saturated carbocycles. The number of nitrogens with one attached hydrogen (secondary N) is 1. The minimum Gasteiger partial charge on any atom is -0.497 e. The number of ether oxygens (including phenoxy) is 2. The molecule has 0 saturated heterocycles. The summed E-state index contributed by atoms with van der Waals surface area (Å²) in [4.78, 5) is 1.14. The van der Waals surface area contributed by atoms with Gasteiger partial charge in [-0.05, 0) is 46.2 Å². The van der Waals surface area contributed by atoms with Gasteiger partial charge in [0.05, 0.1) is 29.1 Å². The Labute approximate surface area is 142 Å². The Kier molecular flexibility index (Phi) is 5.93. The summed E-state index contributed by atoms with van der Waals surface area (Å²) in [6, 6.07) is 7.92. The van der Waals surface area contributed by atoms with Gasteiger partial charge in [-0.3, -0.25) is 0 Å². The zero-order valence-electron chi connectivity index (χ0n) is 12.1.